The maximum atomic E-state index is 11.4. The minimum atomic E-state index is -1.01. The van der Waals surface area contributed by atoms with Gasteiger partial charge in [0, 0.05) is 12.8 Å². The lowest BCUT2D eigenvalue weighted by Gasteiger charge is -2.23. The molecule has 0 radical (unpaired) electrons. The Morgan fingerprint density at radius 1 is 1.29 bits per heavy atom. The van der Waals surface area contributed by atoms with E-state index in [-0.39, 0.29) is 11.9 Å². The fraction of sp³-hybridized carbons (Fsp3) is 0.750. The predicted octanol–water partition coefficient (Wildman–Crippen LogP) is 2.88. The number of carbonyl (C=O) groups is 2. The monoisotopic (exact) mass is 390 g/mol. The van der Waals surface area contributed by atoms with Crippen molar-refractivity contribution in [2.75, 3.05) is 0 Å². The quantitative estimate of drug-likeness (QED) is 0.509. The molecule has 1 rings (SSSR count). The predicted molar refractivity (Wildman–Crippen MR) is 62.9 cm³/mol. The molecule has 6 heteroatoms. The van der Waals surface area contributed by atoms with Gasteiger partial charge in [-0.3, -0.25) is 4.79 Å². The van der Waals surface area contributed by atoms with Gasteiger partial charge < -0.3 is 4.74 Å². The summed E-state index contributed by atoms with van der Waals surface area (Å²) >= 11 is 9.22. The van der Waals surface area contributed by atoms with Crippen molar-refractivity contribution in [3.8, 4) is 0 Å². The van der Waals surface area contributed by atoms with Crippen molar-refractivity contribution in [3.63, 3.8) is 0 Å². The Morgan fingerprint density at radius 3 is 2.21 bits per heavy atom. The molecule has 0 atom stereocenters. The van der Waals surface area contributed by atoms with Crippen LogP contribution < -0.4 is 0 Å². The molecule has 14 heavy (non-hydrogen) atoms. The van der Waals surface area contributed by atoms with Gasteiger partial charge >= 0.3 is 5.97 Å². The molecule has 0 unspecified atom stereocenters. The van der Waals surface area contributed by atoms with Crippen molar-refractivity contribution in [2.24, 2.45) is 0 Å². The molecule has 0 spiro atoms. The summed E-state index contributed by atoms with van der Waals surface area (Å²) in [7, 11) is 0. The summed E-state index contributed by atoms with van der Waals surface area (Å²) in [6.07, 6.45) is 2.16. The Bertz CT molecular complexity index is 237. The van der Waals surface area contributed by atoms with Gasteiger partial charge in [-0.25, -0.2) is 4.79 Å². The van der Waals surface area contributed by atoms with Crippen LogP contribution in [0.1, 0.15) is 25.7 Å². The van der Waals surface area contributed by atoms with Gasteiger partial charge in [0.2, 0.25) is 2.14 Å². The second-order valence-electron chi connectivity index (χ2n) is 3.14. The summed E-state index contributed by atoms with van der Waals surface area (Å²) in [4.78, 5) is 22.3. The molecular formula is C8H9Br3O3. The van der Waals surface area contributed by atoms with Gasteiger partial charge in [0.1, 0.15) is 11.9 Å². The fourth-order valence-electron chi connectivity index (χ4n) is 1.25. The first kappa shape index (κ1) is 12.6. The first-order valence-corrected chi connectivity index (χ1v) is 6.57. The summed E-state index contributed by atoms with van der Waals surface area (Å²) in [5, 5.41) is 0. The highest BCUT2D eigenvalue weighted by Crippen LogP contribution is 2.35. The van der Waals surface area contributed by atoms with E-state index >= 15 is 0 Å². The number of ether oxygens (including phenoxy) is 1. The van der Waals surface area contributed by atoms with Crippen molar-refractivity contribution in [2.45, 2.75) is 33.9 Å². The van der Waals surface area contributed by atoms with Crippen LogP contribution in [-0.2, 0) is 14.3 Å². The average molecular weight is 393 g/mol. The number of carbonyl (C=O) groups excluding carboxylic acids is 2. The van der Waals surface area contributed by atoms with Gasteiger partial charge in [0.25, 0.3) is 0 Å². The SMILES string of the molecule is O=C1CCC(OC(=O)C(Br)(Br)Br)CC1. The molecule has 0 bridgehead atoms. The van der Waals surface area contributed by atoms with Gasteiger partial charge in [0.15, 0.2) is 0 Å². The first-order valence-electron chi connectivity index (χ1n) is 4.19. The van der Waals surface area contributed by atoms with Gasteiger partial charge in [-0.15, -0.1) is 0 Å². The van der Waals surface area contributed by atoms with Crippen LogP contribution in [0.2, 0.25) is 0 Å². The van der Waals surface area contributed by atoms with E-state index in [4.69, 9.17) is 4.74 Å². The van der Waals surface area contributed by atoms with Crippen LogP contribution >= 0.6 is 47.8 Å². The number of hydrogen-bond acceptors (Lipinski definition) is 3. The molecule has 0 amide bonds. The summed E-state index contributed by atoms with van der Waals surface area (Å²) < 4.78 is 4.17. The van der Waals surface area contributed by atoms with Crippen LogP contribution in [0.15, 0.2) is 0 Å². The molecule has 80 valence electrons. The van der Waals surface area contributed by atoms with E-state index in [1.807, 2.05) is 0 Å². The molecule has 0 N–H and O–H groups in total. The lowest BCUT2D eigenvalue weighted by Crippen LogP contribution is -2.29. The summed E-state index contributed by atoms with van der Waals surface area (Å²) in [6.45, 7) is 0. The van der Waals surface area contributed by atoms with E-state index in [9.17, 15) is 9.59 Å². The average Bonchev–Trinajstić information content (AvgIpc) is 2.07. The lowest BCUT2D eigenvalue weighted by atomic mass is 9.97. The Labute approximate surface area is 107 Å². The maximum absolute atomic E-state index is 11.4. The molecular weight excluding hydrogens is 384 g/mol. The Hall–Kier alpha value is 0.580. The largest absolute Gasteiger partial charge is 0.460 e. The molecule has 0 saturated heterocycles. The summed E-state index contributed by atoms with van der Waals surface area (Å²) in [5.74, 6) is -0.170. The van der Waals surface area contributed by atoms with Crippen molar-refractivity contribution >= 4 is 59.5 Å². The Kier molecular flexibility index (Phi) is 4.58. The zero-order chi connectivity index (χ0) is 10.8. The fourth-order valence-corrected chi connectivity index (χ4v) is 1.53. The molecule has 0 heterocycles. The molecule has 0 aromatic heterocycles. The van der Waals surface area contributed by atoms with E-state index in [2.05, 4.69) is 47.8 Å². The first-order chi connectivity index (χ1) is 6.39. The van der Waals surface area contributed by atoms with Crippen LogP contribution in [0.3, 0.4) is 0 Å². The number of ketones is 1. The molecule has 0 aromatic rings. The lowest BCUT2D eigenvalue weighted by molar-refractivity contribution is -0.149. The molecule has 0 aromatic carbocycles. The number of esters is 1. The number of halogens is 3. The number of hydrogen-bond donors (Lipinski definition) is 0. The second kappa shape index (κ2) is 5.07. The van der Waals surface area contributed by atoms with Crippen LogP contribution in [0.4, 0.5) is 0 Å². The van der Waals surface area contributed by atoms with E-state index in [1.165, 1.54) is 0 Å². The minimum Gasteiger partial charge on any atom is -0.460 e. The van der Waals surface area contributed by atoms with Gasteiger partial charge in [-0.05, 0) is 60.6 Å². The van der Waals surface area contributed by atoms with Crippen LogP contribution in [0.5, 0.6) is 0 Å². The van der Waals surface area contributed by atoms with Gasteiger partial charge in [-0.2, -0.15) is 0 Å². The number of rotatable bonds is 1. The smallest absolute Gasteiger partial charge is 0.345 e. The zero-order valence-corrected chi connectivity index (χ0v) is 12.0. The van der Waals surface area contributed by atoms with E-state index in [1.54, 1.807) is 0 Å². The maximum Gasteiger partial charge on any atom is 0.345 e. The highest BCUT2D eigenvalue weighted by atomic mass is 80.0. The molecule has 0 aliphatic heterocycles. The third-order valence-corrected chi connectivity index (χ3v) is 2.97. The topological polar surface area (TPSA) is 43.4 Å². The third kappa shape index (κ3) is 3.98. The molecule has 1 aliphatic carbocycles. The van der Waals surface area contributed by atoms with Crippen molar-refractivity contribution < 1.29 is 14.3 Å². The standard InChI is InChI=1S/C8H9Br3O3/c9-8(10,11)7(13)14-6-3-1-5(12)2-4-6/h6H,1-4H2. The molecule has 1 fully saturated rings. The van der Waals surface area contributed by atoms with Crippen molar-refractivity contribution in [1.29, 1.82) is 0 Å². The van der Waals surface area contributed by atoms with Gasteiger partial charge in [-0.1, -0.05) is 0 Å². The van der Waals surface area contributed by atoms with Gasteiger partial charge in [0.05, 0.1) is 0 Å². The van der Waals surface area contributed by atoms with E-state index in [0.29, 0.717) is 25.7 Å². The highest BCUT2D eigenvalue weighted by molar-refractivity contribution is 9.40. The Morgan fingerprint density at radius 2 is 1.79 bits per heavy atom. The van der Waals surface area contributed by atoms with Crippen LogP contribution in [0.25, 0.3) is 0 Å². The highest BCUT2D eigenvalue weighted by Gasteiger charge is 2.33. The van der Waals surface area contributed by atoms with E-state index in [0.717, 1.165) is 0 Å². The minimum absolute atomic E-state index is 0.132. The normalized spacial score (nSPS) is 19.5. The number of alkyl halides is 3. The third-order valence-electron chi connectivity index (χ3n) is 2.00. The van der Waals surface area contributed by atoms with Crippen molar-refractivity contribution in [3.05, 3.63) is 0 Å². The summed E-state index contributed by atoms with van der Waals surface area (Å²) in [5.41, 5.74) is 0. The number of Topliss-reactive ketones (excluding diaryl/α,β-unsaturated/α-hetero) is 1. The summed E-state index contributed by atoms with van der Waals surface area (Å²) in [6, 6.07) is 0. The zero-order valence-electron chi connectivity index (χ0n) is 7.26. The second-order valence-corrected chi connectivity index (χ2v) is 9.90. The molecule has 1 saturated carbocycles. The van der Waals surface area contributed by atoms with Crippen molar-refractivity contribution in [1.82, 2.24) is 0 Å². The molecule has 3 nitrogen and oxygen atoms in total. The van der Waals surface area contributed by atoms with Crippen LogP contribution in [-0.4, -0.2) is 20.0 Å². The Balaban J connectivity index is 2.38. The van der Waals surface area contributed by atoms with E-state index < -0.39 is 8.11 Å². The van der Waals surface area contributed by atoms with Crippen LogP contribution in [0, 0.1) is 0 Å². The molecule has 1 aliphatic rings.